The lowest BCUT2D eigenvalue weighted by Gasteiger charge is -2.15. The van der Waals surface area contributed by atoms with Crippen LogP contribution in [0.2, 0.25) is 5.02 Å². The zero-order valence-corrected chi connectivity index (χ0v) is 12.6. The molecule has 0 aliphatic rings. The van der Waals surface area contributed by atoms with Gasteiger partial charge >= 0.3 is 0 Å². The Kier molecular flexibility index (Phi) is 4.70. The molecule has 3 N–H and O–H groups in total. The normalized spacial score (nSPS) is 11.8. The number of amides is 1. The molecule has 110 valence electrons. The summed E-state index contributed by atoms with van der Waals surface area (Å²) in [5.41, 5.74) is 7.83. The third kappa shape index (κ3) is 4.13. The van der Waals surface area contributed by atoms with Gasteiger partial charge in [-0.2, -0.15) is 0 Å². The Balaban J connectivity index is 1.98. The number of anilines is 2. The number of aryl methyl sites for hydroxylation is 1. The molecular formula is C16H17ClN2O2. The molecule has 0 saturated carbocycles. The van der Waals surface area contributed by atoms with Crippen molar-refractivity contribution in [1.82, 2.24) is 0 Å². The van der Waals surface area contributed by atoms with Crippen molar-refractivity contribution >= 4 is 28.9 Å². The standard InChI is InChI=1S/C16H17ClN2O2/c1-10-3-6-13(7-4-10)21-11(2)16(20)19-12-5-8-14(17)15(18)9-12/h3-9,11H,18H2,1-2H3,(H,19,20)/t11-/m1/s1. The Morgan fingerprint density at radius 1 is 1.24 bits per heavy atom. The maximum Gasteiger partial charge on any atom is 0.265 e. The van der Waals surface area contributed by atoms with E-state index in [4.69, 9.17) is 22.1 Å². The predicted octanol–water partition coefficient (Wildman–Crippen LogP) is 3.64. The number of halogens is 1. The highest BCUT2D eigenvalue weighted by molar-refractivity contribution is 6.33. The summed E-state index contributed by atoms with van der Waals surface area (Å²) in [5.74, 6) is 0.399. The van der Waals surface area contributed by atoms with E-state index in [0.717, 1.165) is 5.56 Å². The SMILES string of the molecule is Cc1ccc(O[C@H](C)C(=O)Nc2ccc(Cl)c(N)c2)cc1. The zero-order chi connectivity index (χ0) is 15.4. The summed E-state index contributed by atoms with van der Waals surface area (Å²) in [6.07, 6.45) is -0.621. The summed E-state index contributed by atoms with van der Waals surface area (Å²) in [6, 6.07) is 12.5. The molecule has 0 radical (unpaired) electrons. The van der Waals surface area contributed by atoms with Gasteiger partial charge in [-0.3, -0.25) is 4.79 Å². The van der Waals surface area contributed by atoms with Crippen LogP contribution in [0.3, 0.4) is 0 Å². The van der Waals surface area contributed by atoms with Gasteiger partial charge in [0.2, 0.25) is 0 Å². The summed E-state index contributed by atoms with van der Waals surface area (Å²) in [7, 11) is 0. The van der Waals surface area contributed by atoms with Gasteiger partial charge in [0.25, 0.3) is 5.91 Å². The lowest BCUT2D eigenvalue weighted by molar-refractivity contribution is -0.122. The molecule has 2 rings (SSSR count). The van der Waals surface area contributed by atoms with E-state index in [-0.39, 0.29) is 5.91 Å². The molecule has 0 bridgehead atoms. The average Bonchev–Trinajstić information content (AvgIpc) is 2.45. The largest absolute Gasteiger partial charge is 0.481 e. The highest BCUT2D eigenvalue weighted by atomic mass is 35.5. The van der Waals surface area contributed by atoms with Gasteiger partial charge in [0.15, 0.2) is 6.10 Å². The highest BCUT2D eigenvalue weighted by Gasteiger charge is 2.15. The summed E-state index contributed by atoms with van der Waals surface area (Å²) in [5, 5.41) is 3.19. The van der Waals surface area contributed by atoms with Gasteiger partial charge < -0.3 is 15.8 Å². The van der Waals surface area contributed by atoms with Crippen molar-refractivity contribution in [3.8, 4) is 5.75 Å². The van der Waals surface area contributed by atoms with Crippen molar-refractivity contribution in [3.05, 3.63) is 53.1 Å². The first-order valence-corrected chi connectivity index (χ1v) is 6.92. The molecule has 1 atom stereocenters. The summed E-state index contributed by atoms with van der Waals surface area (Å²) >= 11 is 5.84. The van der Waals surface area contributed by atoms with Crippen molar-refractivity contribution in [2.45, 2.75) is 20.0 Å². The minimum atomic E-state index is -0.621. The van der Waals surface area contributed by atoms with Crippen LogP contribution >= 0.6 is 11.6 Å². The van der Waals surface area contributed by atoms with Gasteiger partial charge in [-0.1, -0.05) is 29.3 Å². The van der Waals surface area contributed by atoms with Crippen LogP contribution < -0.4 is 15.8 Å². The van der Waals surface area contributed by atoms with Crippen molar-refractivity contribution in [1.29, 1.82) is 0 Å². The van der Waals surface area contributed by atoms with Crippen LogP contribution in [0.4, 0.5) is 11.4 Å². The number of nitrogens with one attached hydrogen (secondary N) is 1. The Morgan fingerprint density at radius 2 is 1.90 bits per heavy atom. The molecule has 2 aromatic carbocycles. The second-order valence-electron chi connectivity index (χ2n) is 4.80. The fourth-order valence-electron chi connectivity index (χ4n) is 1.74. The number of carbonyl (C=O) groups is 1. The minimum Gasteiger partial charge on any atom is -0.481 e. The van der Waals surface area contributed by atoms with E-state index >= 15 is 0 Å². The maximum absolute atomic E-state index is 12.1. The molecule has 0 fully saturated rings. The molecular weight excluding hydrogens is 288 g/mol. The van der Waals surface area contributed by atoms with E-state index in [1.54, 1.807) is 25.1 Å². The van der Waals surface area contributed by atoms with Gasteiger partial charge in [0.1, 0.15) is 5.75 Å². The number of nitrogen functional groups attached to an aromatic ring is 1. The number of hydrogen-bond acceptors (Lipinski definition) is 3. The molecule has 5 heteroatoms. The molecule has 0 spiro atoms. The smallest absolute Gasteiger partial charge is 0.265 e. The molecule has 0 aliphatic heterocycles. The van der Waals surface area contributed by atoms with Crippen LogP contribution in [0.15, 0.2) is 42.5 Å². The third-order valence-corrected chi connectivity index (χ3v) is 3.31. The third-order valence-electron chi connectivity index (χ3n) is 2.97. The van der Waals surface area contributed by atoms with Gasteiger partial charge in [-0.25, -0.2) is 0 Å². The maximum atomic E-state index is 12.1. The second kappa shape index (κ2) is 6.50. The molecule has 1 amide bonds. The van der Waals surface area contributed by atoms with Crippen LogP contribution in [-0.2, 0) is 4.79 Å². The Labute approximate surface area is 128 Å². The van der Waals surface area contributed by atoms with E-state index in [1.165, 1.54) is 0 Å². The molecule has 0 saturated heterocycles. The van der Waals surface area contributed by atoms with Crippen LogP contribution in [0, 0.1) is 6.92 Å². The van der Waals surface area contributed by atoms with Crippen LogP contribution in [-0.4, -0.2) is 12.0 Å². The lowest BCUT2D eigenvalue weighted by Crippen LogP contribution is -2.30. The van der Waals surface area contributed by atoms with E-state index < -0.39 is 6.10 Å². The van der Waals surface area contributed by atoms with Crippen molar-refractivity contribution < 1.29 is 9.53 Å². The van der Waals surface area contributed by atoms with Crippen LogP contribution in [0.5, 0.6) is 5.75 Å². The molecule has 0 unspecified atom stereocenters. The molecule has 0 aliphatic carbocycles. The average molecular weight is 305 g/mol. The van der Waals surface area contributed by atoms with Crippen molar-refractivity contribution in [2.24, 2.45) is 0 Å². The van der Waals surface area contributed by atoms with Gasteiger partial charge in [0, 0.05) is 5.69 Å². The van der Waals surface area contributed by atoms with Crippen LogP contribution in [0.1, 0.15) is 12.5 Å². The Morgan fingerprint density at radius 3 is 2.52 bits per heavy atom. The predicted molar refractivity (Wildman–Crippen MR) is 85.8 cm³/mol. The topological polar surface area (TPSA) is 64.3 Å². The summed E-state index contributed by atoms with van der Waals surface area (Å²) < 4.78 is 5.59. The quantitative estimate of drug-likeness (QED) is 0.848. The number of carbonyl (C=O) groups excluding carboxylic acids is 1. The molecule has 21 heavy (non-hydrogen) atoms. The number of hydrogen-bond donors (Lipinski definition) is 2. The first-order chi connectivity index (χ1) is 9.95. The summed E-state index contributed by atoms with van der Waals surface area (Å²) in [6.45, 7) is 3.68. The number of benzene rings is 2. The summed E-state index contributed by atoms with van der Waals surface area (Å²) in [4.78, 5) is 12.1. The number of rotatable bonds is 4. The first-order valence-electron chi connectivity index (χ1n) is 6.55. The fraction of sp³-hybridized carbons (Fsp3) is 0.188. The van der Waals surface area contributed by atoms with Gasteiger partial charge in [-0.15, -0.1) is 0 Å². The van der Waals surface area contributed by atoms with E-state index in [2.05, 4.69) is 5.32 Å². The number of nitrogens with two attached hydrogens (primary N) is 1. The van der Waals surface area contributed by atoms with Gasteiger partial charge in [0.05, 0.1) is 10.7 Å². The van der Waals surface area contributed by atoms with Crippen LogP contribution in [0.25, 0.3) is 0 Å². The monoisotopic (exact) mass is 304 g/mol. The van der Waals surface area contributed by atoms with E-state index in [0.29, 0.717) is 22.1 Å². The van der Waals surface area contributed by atoms with Crippen molar-refractivity contribution in [2.75, 3.05) is 11.1 Å². The van der Waals surface area contributed by atoms with Crippen molar-refractivity contribution in [3.63, 3.8) is 0 Å². The minimum absolute atomic E-state index is 0.253. The lowest BCUT2D eigenvalue weighted by atomic mass is 10.2. The Bertz CT molecular complexity index is 641. The van der Waals surface area contributed by atoms with E-state index in [9.17, 15) is 4.79 Å². The fourth-order valence-corrected chi connectivity index (χ4v) is 1.86. The molecule has 4 nitrogen and oxygen atoms in total. The van der Waals surface area contributed by atoms with Gasteiger partial charge in [-0.05, 0) is 44.2 Å². The number of ether oxygens (including phenoxy) is 1. The second-order valence-corrected chi connectivity index (χ2v) is 5.21. The molecule has 0 aromatic heterocycles. The molecule has 2 aromatic rings. The zero-order valence-electron chi connectivity index (χ0n) is 11.9. The first kappa shape index (κ1) is 15.2. The van der Waals surface area contributed by atoms with E-state index in [1.807, 2.05) is 31.2 Å². The Hall–Kier alpha value is -2.20. The molecule has 0 heterocycles. The highest BCUT2D eigenvalue weighted by Crippen LogP contribution is 2.22.